The second-order valence-corrected chi connectivity index (χ2v) is 7.47. The first-order valence-corrected chi connectivity index (χ1v) is 9.59. The van der Waals surface area contributed by atoms with E-state index in [1.54, 1.807) is 18.4 Å². The molecule has 4 nitrogen and oxygen atoms in total. The molecule has 1 aliphatic carbocycles. The zero-order valence-corrected chi connectivity index (χ0v) is 15.3. The Balaban J connectivity index is 2.17. The number of hydrogen-bond donors (Lipinski definition) is 1. The van der Waals surface area contributed by atoms with Gasteiger partial charge >= 0.3 is 5.97 Å². The molecule has 0 saturated heterocycles. The molecule has 1 atom stereocenters. The van der Waals surface area contributed by atoms with Crippen molar-refractivity contribution in [3.05, 3.63) is 70.3 Å². The minimum absolute atomic E-state index is 0.0845. The van der Waals surface area contributed by atoms with Crippen molar-refractivity contribution >= 4 is 34.0 Å². The van der Waals surface area contributed by atoms with E-state index in [1.807, 2.05) is 43.3 Å². The van der Waals surface area contributed by atoms with Gasteiger partial charge in [-0.3, -0.25) is 9.00 Å². The van der Waals surface area contributed by atoms with E-state index in [2.05, 4.69) is 6.07 Å². The van der Waals surface area contributed by atoms with Crippen LogP contribution in [0.15, 0.2) is 52.9 Å². The normalized spacial score (nSPS) is 15.7. The molecule has 1 unspecified atom stereocenters. The highest BCUT2D eigenvalue weighted by Crippen LogP contribution is 2.45. The van der Waals surface area contributed by atoms with Gasteiger partial charge in [-0.15, -0.1) is 0 Å². The van der Waals surface area contributed by atoms with Gasteiger partial charge in [0.25, 0.3) is 0 Å². The lowest BCUT2D eigenvalue weighted by Crippen LogP contribution is -1.97. The quantitative estimate of drug-likeness (QED) is 0.887. The number of carbonyl (C=O) groups is 1. The molecule has 0 aromatic heterocycles. The molecule has 26 heavy (non-hydrogen) atoms. The lowest BCUT2D eigenvalue weighted by Gasteiger charge is -2.07. The Bertz CT molecular complexity index is 1020. The Morgan fingerprint density at radius 1 is 1.23 bits per heavy atom. The van der Waals surface area contributed by atoms with Gasteiger partial charge in [0, 0.05) is 27.5 Å². The fourth-order valence-electron chi connectivity index (χ4n) is 3.22. The zero-order chi connectivity index (χ0) is 18.8. The predicted octanol–water partition coefficient (Wildman–Crippen LogP) is 4.10. The standard InChI is InChI=1S/C21H17NO3S/c1-13-18(11-20(23)24)17-5-3-4-15(12-22)21(17)19(13)10-14-6-8-16(9-7-14)26(2)25/h3-10H,11H2,1-2H3,(H,23,24). The van der Waals surface area contributed by atoms with Crippen LogP contribution in [0.4, 0.5) is 0 Å². The average Bonchev–Trinajstić information content (AvgIpc) is 2.87. The Hall–Kier alpha value is -2.97. The molecule has 0 spiro atoms. The highest BCUT2D eigenvalue weighted by Gasteiger charge is 2.27. The monoisotopic (exact) mass is 363 g/mol. The number of benzene rings is 2. The molecule has 0 saturated carbocycles. The summed E-state index contributed by atoms with van der Waals surface area (Å²) in [6, 6.07) is 15.0. The number of carboxylic acid groups (broad SMARTS) is 1. The number of fused-ring (bicyclic) bond motifs is 1. The molecular formula is C21H17NO3S. The van der Waals surface area contributed by atoms with E-state index >= 15 is 0 Å². The van der Waals surface area contributed by atoms with Crippen molar-refractivity contribution in [2.45, 2.75) is 18.2 Å². The number of aliphatic carboxylic acids is 1. The first kappa shape index (κ1) is 17.8. The number of rotatable bonds is 4. The lowest BCUT2D eigenvalue weighted by molar-refractivity contribution is -0.135. The highest BCUT2D eigenvalue weighted by atomic mass is 32.2. The minimum atomic E-state index is -1.04. The van der Waals surface area contributed by atoms with E-state index in [0.29, 0.717) is 5.56 Å². The number of hydrogen-bond acceptors (Lipinski definition) is 3. The maximum atomic E-state index is 11.5. The van der Waals surface area contributed by atoms with Gasteiger partial charge in [0.05, 0.1) is 18.1 Å². The van der Waals surface area contributed by atoms with Crippen LogP contribution in [0.5, 0.6) is 0 Å². The smallest absolute Gasteiger partial charge is 0.307 e. The van der Waals surface area contributed by atoms with Crippen molar-refractivity contribution in [2.75, 3.05) is 6.26 Å². The Labute approximate surface area is 154 Å². The van der Waals surface area contributed by atoms with Gasteiger partial charge in [0.2, 0.25) is 0 Å². The second kappa shape index (κ2) is 7.11. The summed E-state index contributed by atoms with van der Waals surface area (Å²) in [7, 11) is -1.04. The number of allylic oxidation sites excluding steroid dienone is 2. The molecular weight excluding hydrogens is 346 g/mol. The molecule has 1 N–H and O–H groups in total. The van der Waals surface area contributed by atoms with Crippen LogP contribution in [0, 0.1) is 11.3 Å². The van der Waals surface area contributed by atoms with Crippen LogP contribution in [-0.2, 0) is 15.6 Å². The molecule has 3 rings (SSSR count). The van der Waals surface area contributed by atoms with Crippen molar-refractivity contribution in [1.82, 2.24) is 0 Å². The molecule has 0 aliphatic heterocycles. The fraction of sp³-hybridized carbons (Fsp3) is 0.143. The molecule has 0 bridgehead atoms. The highest BCUT2D eigenvalue weighted by molar-refractivity contribution is 7.84. The van der Waals surface area contributed by atoms with Crippen LogP contribution in [0.25, 0.3) is 17.2 Å². The van der Waals surface area contributed by atoms with Gasteiger partial charge in [-0.05, 0) is 59.0 Å². The van der Waals surface area contributed by atoms with Gasteiger partial charge < -0.3 is 5.11 Å². The Morgan fingerprint density at radius 3 is 2.50 bits per heavy atom. The summed E-state index contributed by atoms with van der Waals surface area (Å²) >= 11 is 0. The minimum Gasteiger partial charge on any atom is -0.481 e. The third-order valence-corrected chi connectivity index (χ3v) is 5.42. The van der Waals surface area contributed by atoms with E-state index in [4.69, 9.17) is 0 Å². The zero-order valence-electron chi connectivity index (χ0n) is 14.4. The molecule has 2 aromatic rings. The first-order chi connectivity index (χ1) is 12.4. The van der Waals surface area contributed by atoms with Gasteiger partial charge in [-0.2, -0.15) is 5.26 Å². The molecule has 0 heterocycles. The third-order valence-electron chi connectivity index (χ3n) is 4.49. The van der Waals surface area contributed by atoms with Crippen molar-refractivity contribution in [3.8, 4) is 6.07 Å². The van der Waals surface area contributed by atoms with Crippen LogP contribution in [0.2, 0.25) is 0 Å². The van der Waals surface area contributed by atoms with Crippen molar-refractivity contribution < 1.29 is 14.1 Å². The van der Waals surface area contributed by atoms with Gasteiger partial charge in [-0.25, -0.2) is 0 Å². The van der Waals surface area contributed by atoms with E-state index in [1.165, 1.54) is 0 Å². The van der Waals surface area contributed by atoms with Crippen LogP contribution >= 0.6 is 0 Å². The topological polar surface area (TPSA) is 78.2 Å². The molecule has 2 aromatic carbocycles. The summed E-state index contributed by atoms with van der Waals surface area (Å²) in [6.07, 6.45) is 3.50. The third kappa shape index (κ3) is 3.24. The largest absolute Gasteiger partial charge is 0.481 e. The van der Waals surface area contributed by atoms with Crippen molar-refractivity contribution in [3.63, 3.8) is 0 Å². The molecule has 0 fully saturated rings. The molecule has 5 heteroatoms. The average molecular weight is 363 g/mol. The van der Waals surface area contributed by atoms with E-state index in [9.17, 15) is 19.4 Å². The van der Waals surface area contributed by atoms with Crippen LogP contribution < -0.4 is 0 Å². The summed E-state index contributed by atoms with van der Waals surface area (Å²) < 4.78 is 11.5. The van der Waals surface area contributed by atoms with Gasteiger partial charge in [0.1, 0.15) is 0 Å². The van der Waals surface area contributed by atoms with Crippen molar-refractivity contribution in [2.24, 2.45) is 0 Å². The van der Waals surface area contributed by atoms with Crippen LogP contribution in [-0.4, -0.2) is 21.5 Å². The maximum Gasteiger partial charge on any atom is 0.307 e. The number of carboxylic acids is 1. The molecule has 0 amide bonds. The summed E-state index contributed by atoms with van der Waals surface area (Å²) in [5.74, 6) is -0.899. The van der Waals surface area contributed by atoms with Crippen LogP contribution in [0.3, 0.4) is 0 Å². The van der Waals surface area contributed by atoms with E-state index < -0.39 is 16.8 Å². The van der Waals surface area contributed by atoms with E-state index in [-0.39, 0.29) is 6.42 Å². The van der Waals surface area contributed by atoms with Crippen LogP contribution in [0.1, 0.15) is 35.6 Å². The van der Waals surface area contributed by atoms with Gasteiger partial charge in [-0.1, -0.05) is 24.3 Å². The Kier molecular flexibility index (Phi) is 4.88. The maximum absolute atomic E-state index is 11.5. The first-order valence-electron chi connectivity index (χ1n) is 8.03. The summed E-state index contributed by atoms with van der Waals surface area (Å²) in [5.41, 5.74) is 5.49. The lowest BCUT2D eigenvalue weighted by atomic mass is 9.96. The molecule has 130 valence electrons. The van der Waals surface area contributed by atoms with Crippen molar-refractivity contribution in [1.29, 1.82) is 5.26 Å². The summed E-state index contributed by atoms with van der Waals surface area (Å²) in [5, 5.41) is 18.7. The predicted molar refractivity (Wildman–Crippen MR) is 103 cm³/mol. The van der Waals surface area contributed by atoms with E-state index in [0.717, 1.165) is 38.3 Å². The second-order valence-electron chi connectivity index (χ2n) is 6.10. The summed E-state index contributed by atoms with van der Waals surface area (Å²) in [4.78, 5) is 12.0. The fourth-order valence-corrected chi connectivity index (χ4v) is 3.74. The SMILES string of the molecule is CC1=C(CC(=O)O)c2cccc(C#N)c2C1=Cc1ccc(S(C)=O)cc1. The Morgan fingerprint density at radius 2 is 1.92 bits per heavy atom. The molecule has 0 radical (unpaired) electrons. The number of nitrogens with zero attached hydrogens (tertiary/aromatic N) is 1. The van der Waals surface area contributed by atoms with Gasteiger partial charge in [0.15, 0.2) is 0 Å². The number of nitriles is 1. The summed E-state index contributed by atoms with van der Waals surface area (Å²) in [6.45, 7) is 1.89. The molecule has 1 aliphatic rings.